The standard InChI is InChI=1S/C18H20N2S/c1-3-15(11-14-7-5-4-6-8-14)20-16-9-10-17-18(12-16)21-13(2)19-17/h4-10,12,15,20H,3,11H2,1-2H3. The Labute approximate surface area is 129 Å². The third kappa shape index (κ3) is 3.42. The molecular weight excluding hydrogens is 276 g/mol. The molecule has 2 aromatic carbocycles. The number of aromatic nitrogens is 1. The van der Waals surface area contributed by atoms with Gasteiger partial charge in [-0.1, -0.05) is 37.3 Å². The van der Waals surface area contributed by atoms with E-state index in [0.29, 0.717) is 6.04 Å². The molecule has 0 aliphatic heterocycles. The molecule has 0 saturated heterocycles. The smallest absolute Gasteiger partial charge is 0.0907 e. The lowest BCUT2D eigenvalue weighted by Gasteiger charge is -2.18. The van der Waals surface area contributed by atoms with E-state index in [-0.39, 0.29) is 0 Å². The van der Waals surface area contributed by atoms with Crippen LogP contribution in [0, 0.1) is 6.92 Å². The highest BCUT2D eigenvalue weighted by Gasteiger charge is 2.08. The van der Waals surface area contributed by atoms with Crippen LogP contribution in [0.5, 0.6) is 0 Å². The zero-order valence-electron chi connectivity index (χ0n) is 12.5. The lowest BCUT2D eigenvalue weighted by atomic mass is 10.0. The van der Waals surface area contributed by atoms with Crippen molar-refractivity contribution in [2.45, 2.75) is 32.7 Å². The van der Waals surface area contributed by atoms with Crippen molar-refractivity contribution in [1.29, 1.82) is 0 Å². The van der Waals surface area contributed by atoms with E-state index in [2.05, 4.69) is 72.7 Å². The number of hydrogen-bond donors (Lipinski definition) is 1. The topological polar surface area (TPSA) is 24.9 Å². The lowest BCUT2D eigenvalue weighted by Crippen LogP contribution is -2.21. The molecule has 0 aliphatic rings. The minimum atomic E-state index is 0.457. The molecule has 1 aromatic heterocycles. The summed E-state index contributed by atoms with van der Waals surface area (Å²) >= 11 is 1.75. The lowest BCUT2D eigenvalue weighted by molar-refractivity contribution is 0.690. The molecule has 108 valence electrons. The Kier molecular flexibility index (Phi) is 4.20. The van der Waals surface area contributed by atoms with E-state index in [1.54, 1.807) is 11.3 Å². The summed E-state index contributed by atoms with van der Waals surface area (Å²) in [5.74, 6) is 0. The van der Waals surface area contributed by atoms with Crippen LogP contribution >= 0.6 is 11.3 Å². The number of nitrogens with one attached hydrogen (secondary N) is 1. The molecule has 1 N–H and O–H groups in total. The molecule has 0 aliphatic carbocycles. The van der Waals surface area contributed by atoms with Gasteiger partial charge in [-0.25, -0.2) is 4.98 Å². The number of rotatable bonds is 5. The van der Waals surface area contributed by atoms with Crippen LogP contribution in [0.25, 0.3) is 10.2 Å². The minimum absolute atomic E-state index is 0.457. The largest absolute Gasteiger partial charge is 0.382 e. The fourth-order valence-electron chi connectivity index (χ4n) is 2.56. The quantitative estimate of drug-likeness (QED) is 0.713. The van der Waals surface area contributed by atoms with Gasteiger partial charge >= 0.3 is 0 Å². The third-order valence-electron chi connectivity index (χ3n) is 3.68. The number of anilines is 1. The maximum absolute atomic E-state index is 4.51. The average Bonchev–Trinajstić information content (AvgIpc) is 2.87. The summed E-state index contributed by atoms with van der Waals surface area (Å²) in [6, 6.07) is 17.6. The van der Waals surface area contributed by atoms with E-state index in [0.717, 1.165) is 23.4 Å². The number of fused-ring (bicyclic) bond motifs is 1. The first kappa shape index (κ1) is 14.1. The van der Waals surface area contributed by atoms with Crippen molar-refractivity contribution in [2.75, 3.05) is 5.32 Å². The average molecular weight is 296 g/mol. The molecule has 3 aromatic rings. The van der Waals surface area contributed by atoms with Crippen molar-refractivity contribution in [2.24, 2.45) is 0 Å². The van der Waals surface area contributed by atoms with Crippen molar-refractivity contribution >= 4 is 27.2 Å². The summed E-state index contributed by atoms with van der Waals surface area (Å²) in [7, 11) is 0. The SMILES string of the molecule is CCC(Cc1ccccc1)Nc1ccc2nc(C)sc2c1. The van der Waals surface area contributed by atoms with Gasteiger partial charge in [0.1, 0.15) is 0 Å². The first-order valence-electron chi connectivity index (χ1n) is 7.42. The van der Waals surface area contributed by atoms with Crippen molar-refractivity contribution in [1.82, 2.24) is 4.98 Å². The van der Waals surface area contributed by atoms with Gasteiger partial charge < -0.3 is 5.32 Å². The van der Waals surface area contributed by atoms with Gasteiger partial charge in [0.2, 0.25) is 0 Å². The van der Waals surface area contributed by atoms with Crippen LogP contribution in [0.2, 0.25) is 0 Å². The van der Waals surface area contributed by atoms with Crippen LogP contribution in [0.15, 0.2) is 48.5 Å². The Bertz CT molecular complexity index is 718. The molecule has 1 heterocycles. The second kappa shape index (κ2) is 6.27. The van der Waals surface area contributed by atoms with Crippen LogP contribution < -0.4 is 5.32 Å². The number of nitrogens with zero attached hydrogens (tertiary/aromatic N) is 1. The number of aryl methyl sites for hydroxylation is 1. The molecule has 3 rings (SSSR count). The monoisotopic (exact) mass is 296 g/mol. The molecule has 2 nitrogen and oxygen atoms in total. The molecule has 0 amide bonds. The zero-order chi connectivity index (χ0) is 14.7. The van der Waals surface area contributed by atoms with Crippen molar-refractivity contribution in [3.63, 3.8) is 0 Å². The van der Waals surface area contributed by atoms with Crippen molar-refractivity contribution < 1.29 is 0 Å². The minimum Gasteiger partial charge on any atom is -0.382 e. The number of benzene rings is 2. The summed E-state index contributed by atoms with van der Waals surface area (Å²) in [6.07, 6.45) is 2.16. The number of hydrogen-bond acceptors (Lipinski definition) is 3. The molecule has 0 saturated carbocycles. The van der Waals surface area contributed by atoms with Gasteiger partial charge in [-0.05, 0) is 43.5 Å². The second-order valence-electron chi connectivity index (χ2n) is 5.35. The Balaban J connectivity index is 1.75. The Morgan fingerprint density at radius 1 is 1.14 bits per heavy atom. The van der Waals surface area contributed by atoms with E-state index in [1.165, 1.54) is 16.0 Å². The first-order chi connectivity index (χ1) is 10.2. The zero-order valence-corrected chi connectivity index (χ0v) is 13.3. The van der Waals surface area contributed by atoms with Crippen LogP contribution in [0.1, 0.15) is 23.9 Å². The molecule has 0 radical (unpaired) electrons. The number of thiazole rings is 1. The fraction of sp³-hybridized carbons (Fsp3) is 0.278. The van der Waals surface area contributed by atoms with Crippen molar-refractivity contribution in [3.8, 4) is 0 Å². The van der Waals surface area contributed by atoms with Gasteiger partial charge in [0.05, 0.1) is 15.2 Å². The second-order valence-corrected chi connectivity index (χ2v) is 6.59. The maximum atomic E-state index is 4.51. The van der Waals surface area contributed by atoms with Crippen LogP contribution in [0.4, 0.5) is 5.69 Å². The predicted molar refractivity (Wildman–Crippen MR) is 92.2 cm³/mol. The molecule has 1 atom stereocenters. The Morgan fingerprint density at radius 2 is 1.95 bits per heavy atom. The predicted octanol–water partition coefficient (Wildman–Crippen LogP) is 5.04. The highest BCUT2D eigenvalue weighted by atomic mass is 32.1. The van der Waals surface area contributed by atoms with Crippen LogP contribution in [-0.2, 0) is 6.42 Å². The highest BCUT2D eigenvalue weighted by Crippen LogP contribution is 2.25. The molecule has 0 spiro atoms. The van der Waals surface area contributed by atoms with E-state index >= 15 is 0 Å². The molecule has 21 heavy (non-hydrogen) atoms. The molecule has 3 heteroatoms. The maximum Gasteiger partial charge on any atom is 0.0907 e. The van der Waals surface area contributed by atoms with E-state index in [1.807, 2.05) is 0 Å². The summed E-state index contributed by atoms with van der Waals surface area (Å²) in [6.45, 7) is 4.29. The summed E-state index contributed by atoms with van der Waals surface area (Å²) in [5.41, 5.74) is 3.67. The third-order valence-corrected chi connectivity index (χ3v) is 4.62. The van der Waals surface area contributed by atoms with Crippen molar-refractivity contribution in [3.05, 3.63) is 59.1 Å². The Morgan fingerprint density at radius 3 is 2.71 bits per heavy atom. The van der Waals surface area contributed by atoms with Crippen LogP contribution in [0.3, 0.4) is 0 Å². The summed E-state index contributed by atoms with van der Waals surface area (Å²) < 4.78 is 1.26. The fourth-order valence-corrected chi connectivity index (χ4v) is 3.43. The molecule has 0 bridgehead atoms. The Hall–Kier alpha value is -1.87. The van der Waals surface area contributed by atoms with Gasteiger partial charge in [0.15, 0.2) is 0 Å². The molecule has 1 unspecified atom stereocenters. The van der Waals surface area contributed by atoms with Gasteiger partial charge in [0.25, 0.3) is 0 Å². The highest BCUT2D eigenvalue weighted by molar-refractivity contribution is 7.18. The molecule has 0 fully saturated rings. The summed E-state index contributed by atoms with van der Waals surface area (Å²) in [5, 5.41) is 4.78. The van der Waals surface area contributed by atoms with Gasteiger partial charge in [0, 0.05) is 11.7 Å². The molecular formula is C18H20N2S. The summed E-state index contributed by atoms with van der Waals surface area (Å²) in [4.78, 5) is 4.51. The van der Waals surface area contributed by atoms with Gasteiger partial charge in [-0.2, -0.15) is 0 Å². The van der Waals surface area contributed by atoms with Gasteiger partial charge in [-0.3, -0.25) is 0 Å². The van der Waals surface area contributed by atoms with Crippen LogP contribution in [-0.4, -0.2) is 11.0 Å². The van der Waals surface area contributed by atoms with Gasteiger partial charge in [-0.15, -0.1) is 11.3 Å². The van der Waals surface area contributed by atoms with E-state index in [4.69, 9.17) is 0 Å². The first-order valence-corrected chi connectivity index (χ1v) is 8.24. The normalized spacial score (nSPS) is 12.5. The van der Waals surface area contributed by atoms with E-state index in [9.17, 15) is 0 Å². The van der Waals surface area contributed by atoms with E-state index < -0.39 is 0 Å².